The van der Waals surface area contributed by atoms with Crippen molar-refractivity contribution < 1.29 is 34.4 Å². The number of rotatable bonds is 5. The number of ketones is 1. The molecule has 50 heavy (non-hydrogen) atoms. The molecule has 1 aliphatic carbocycles. The Bertz CT molecular complexity index is 2320. The van der Waals surface area contributed by atoms with E-state index in [-0.39, 0.29) is 85.9 Å². The summed E-state index contributed by atoms with van der Waals surface area (Å²) in [5.74, 6) is -0.486. The predicted octanol–water partition coefficient (Wildman–Crippen LogP) is 4.21. The minimum atomic E-state index is -1.44. The van der Waals surface area contributed by atoms with E-state index in [1.54, 1.807) is 62.9 Å². The third-order valence-electron chi connectivity index (χ3n) is 10.2. The number of Topliss-reactive ketones (excluding diaryl/α,β-unsaturated/α-hetero) is 1. The molecule has 14 nitrogen and oxygen atoms in total. The molecule has 0 spiro atoms. The van der Waals surface area contributed by atoms with E-state index in [4.69, 9.17) is 20.2 Å². The van der Waals surface area contributed by atoms with E-state index < -0.39 is 5.41 Å². The number of carbonyl (C=O) groups is 2. The molecule has 5 N–H and O–H groups in total. The first-order chi connectivity index (χ1) is 23.9. The van der Waals surface area contributed by atoms with Crippen molar-refractivity contribution in [3.05, 3.63) is 70.2 Å². The molecule has 5 heterocycles. The molecular weight excluding hydrogens is 642 g/mol. The first kappa shape index (κ1) is 31.1. The molecule has 14 heteroatoms. The molecule has 0 radical (unpaired) electrons. The summed E-state index contributed by atoms with van der Waals surface area (Å²) >= 11 is 0. The highest BCUT2D eigenvalue weighted by atomic mass is 16.5. The number of allylic oxidation sites excluding steroid dienone is 1. The van der Waals surface area contributed by atoms with E-state index in [9.17, 15) is 24.9 Å². The van der Waals surface area contributed by atoms with Crippen LogP contribution in [-0.4, -0.2) is 71.9 Å². The number of amides is 1. The lowest BCUT2D eigenvalue weighted by Gasteiger charge is -2.30. The van der Waals surface area contributed by atoms with Gasteiger partial charge in [0.1, 0.15) is 34.2 Å². The zero-order valence-electron chi connectivity index (χ0n) is 27.7. The summed E-state index contributed by atoms with van der Waals surface area (Å²) in [5, 5.41) is 38.8. The Kier molecular flexibility index (Phi) is 6.79. The van der Waals surface area contributed by atoms with Gasteiger partial charge in [-0.15, -0.1) is 0 Å². The first-order valence-electron chi connectivity index (χ1n) is 16.1. The molecule has 0 bridgehead atoms. The van der Waals surface area contributed by atoms with Crippen molar-refractivity contribution in [3.63, 3.8) is 0 Å². The third-order valence-corrected chi connectivity index (χ3v) is 10.2. The minimum absolute atomic E-state index is 0.0818. The molecule has 254 valence electrons. The number of nitrogens with two attached hydrogens (primary N) is 1. The summed E-state index contributed by atoms with van der Waals surface area (Å²) in [6.07, 6.45) is 2.80. The van der Waals surface area contributed by atoms with Gasteiger partial charge in [0.15, 0.2) is 11.4 Å². The molecule has 2 aromatic carbocycles. The number of hydrogen-bond acceptors (Lipinski definition) is 12. The van der Waals surface area contributed by atoms with Crippen LogP contribution in [0.4, 0.5) is 5.95 Å². The first-order valence-corrected chi connectivity index (χ1v) is 16.1. The molecule has 1 amide bonds. The van der Waals surface area contributed by atoms with E-state index in [0.717, 1.165) is 0 Å². The molecule has 3 aliphatic rings. The Morgan fingerprint density at radius 3 is 2.40 bits per heavy atom. The summed E-state index contributed by atoms with van der Waals surface area (Å²) in [5.41, 5.74) is 7.05. The number of fused-ring (bicyclic) bond motifs is 5. The van der Waals surface area contributed by atoms with Crippen molar-refractivity contribution in [3.8, 4) is 45.8 Å². The summed E-state index contributed by atoms with van der Waals surface area (Å²) in [6, 6.07) is 10.4. The van der Waals surface area contributed by atoms with Crippen LogP contribution < -0.4 is 20.1 Å². The van der Waals surface area contributed by atoms with Crippen LogP contribution >= 0.6 is 0 Å². The topological polar surface area (TPSA) is 199 Å². The van der Waals surface area contributed by atoms with Gasteiger partial charge in [-0.2, -0.15) is 15.1 Å². The largest absolute Gasteiger partial charge is 0.507 e. The number of piperidine rings is 1. The molecule has 1 fully saturated rings. The second-order valence-electron chi connectivity index (χ2n) is 13.0. The van der Waals surface area contributed by atoms with E-state index in [1.165, 1.54) is 0 Å². The van der Waals surface area contributed by atoms with Gasteiger partial charge in [-0.3, -0.25) is 9.59 Å². The Balaban J connectivity index is 1.25. The number of pyridine rings is 1. The number of aromatic nitrogens is 5. The molecule has 0 unspecified atom stereocenters. The molecule has 3 aromatic heterocycles. The highest BCUT2D eigenvalue weighted by Crippen LogP contribution is 2.60. The zero-order chi connectivity index (χ0) is 35.2. The van der Waals surface area contributed by atoms with E-state index in [1.807, 2.05) is 17.0 Å². The fraction of sp³-hybridized carbons (Fsp3) is 0.278. The smallest absolute Gasteiger partial charge is 0.230 e. The van der Waals surface area contributed by atoms with Crippen molar-refractivity contribution in [1.82, 2.24) is 24.7 Å². The number of aryl methyl sites for hydroxylation is 1. The average Bonchev–Trinajstić information content (AvgIpc) is 3.61. The molecule has 8 rings (SSSR count). The SMILES string of the molecule is COc1ccc(-n2nc(C)c3c2C=C2Oc4c(-c5ccc6c(O)nc(N7CCC(C(N)=O)CC7)nc6n5)c(O)c(C)c(O)c4[C@@]2(C)C3=O)cc1. The van der Waals surface area contributed by atoms with E-state index >= 15 is 0 Å². The van der Waals surface area contributed by atoms with Crippen LogP contribution in [0.1, 0.15) is 52.6 Å². The van der Waals surface area contributed by atoms with Gasteiger partial charge in [0, 0.05) is 30.6 Å². The number of aromatic hydroxyl groups is 3. The van der Waals surface area contributed by atoms with Crippen LogP contribution in [-0.2, 0) is 10.2 Å². The summed E-state index contributed by atoms with van der Waals surface area (Å²) in [6.45, 7) is 5.93. The number of carbonyl (C=O) groups excluding carboxylic acids is 2. The van der Waals surface area contributed by atoms with Crippen molar-refractivity contribution in [2.75, 3.05) is 25.1 Å². The quantitative estimate of drug-likeness (QED) is 0.207. The number of benzene rings is 2. The molecule has 2 aliphatic heterocycles. The third kappa shape index (κ3) is 4.33. The second-order valence-corrected chi connectivity index (χ2v) is 13.0. The van der Waals surface area contributed by atoms with Crippen LogP contribution in [0, 0.1) is 19.8 Å². The number of anilines is 1. The zero-order valence-corrected chi connectivity index (χ0v) is 27.7. The molecular formula is C36H33N7O7. The molecule has 5 aromatic rings. The van der Waals surface area contributed by atoms with Gasteiger partial charge in [0.25, 0.3) is 0 Å². The molecule has 0 saturated carbocycles. The van der Waals surface area contributed by atoms with Gasteiger partial charge in [0.2, 0.25) is 17.7 Å². The van der Waals surface area contributed by atoms with Gasteiger partial charge in [-0.25, -0.2) is 9.67 Å². The highest BCUT2D eigenvalue weighted by molar-refractivity contribution is 6.14. The lowest BCUT2D eigenvalue weighted by Crippen LogP contribution is -2.39. The standard InChI is InChI=1S/C36H33N7O7/c1-16-28(44)26(22-10-9-21-33(38-22)39-35(40-34(21)48)42-13-11-18(12-14-42)32(37)47)30-27(29(16)45)36(3)24(50-30)15-23-25(31(36)46)17(2)41-43(23)19-5-7-20(49-4)8-6-19/h5-10,15,18,44-45H,11-14H2,1-4H3,(H2,37,47)(H,38,39,40,48)/t36-/m0/s1. The van der Waals surface area contributed by atoms with Crippen LogP contribution in [0.15, 0.2) is 42.2 Å². The number of phenols is 2. The number of ether oxygens (including phenoxy) is 2. The van der Waals surface area contributed by atoms with E-state index in [0.29, 0.717) is 54.3 Å². The number of phenolic OH excluding ortho intramolecular Hbond substituents is 2. The monoisotopic (exact) mass is 675 g/mol. The summed E-state index contributed by atoms with van der Waals surface area (Å²) in [7, 11) is 1.58. The highest BCUT2D eigenvalue weighted by Gasteiger charge is 2.55. The maximum absolute atomic E-state index is 14.5. The van der Waals surface area contributed by atoms with Gasteiger partial charge in [-0.1, -0.05) is 0 Å². The molecule has 1 atom stereocenters. The van der Waals surface area contributed by atoms with Crippen LogP contribution in [0.25, 0.3) is 34.1 Å². The number of methoxy groups -OCH3 is 1. The van der Waals surface area contributed by atoms with Crippen molar-refractivity contribution in [1.29, 1.82) is 0 Å². The number of nitrogens with zero attached hydrogens (tertiary/aromatic N) is 6. The van der Waals surface area contributed by atoms with Crippen molar-refractivity contribution in [2.45, 2.75) is 39.0 Å². The predicted molar refractivity (Wildman–Crippen MR) is 182 cm³/mol. The lowest BCUT2D eigenvalue weighted by molar-refractivity contribution is -0.122. The normalized spacial score (nSPS) is 18.4. The fourth-order valence-electron chi connectivity index (χ4n) is 7.25. The van der Waals surface area contributed by atoms with Crippen molar-refractivity contribution in [2.24, 2.45) is 11.7 Å². The Labute approximate surface area is 285 Å². The summed E-state index contributed by atoms with van der Waals surface area (Å²) < 4.78 is 13.4. The van der Waals surface area contributed by atoms with Crippen molar-refractivity contribution >= 4 is 34.7 Å². The fourth-order valence-corrected chi connectivity index (χ4v) is 7.25. The van der Waals surface area contributed by atoms with Gasteiger partial charge < -0.3 is 35.4 Å². The number of hydrogen-bond donors (Lipinski definition) is 4. The van der Waals surface area contributed by atoms with Crippen LogP contribution in [0.3, 0.4) is 0 Å². The Hall–Kier alpha value is -6.18. The van der Waals surface area contributed by atoms with Crippen LogP contribution in [0.5, 0.6) is 28.9 Å². The maximum atomic E-state index is 14.5. The lowest BCUT2D eigenvalue weighted by atomic mass is 9.71. The van der Waals surface area contributed by atoms with Gasteiger partial charge in [0.05, 0.1) is 52.0 Å². The van der Waals surface area contributed by atoms with Gasteiger partial charge >= 0.3 is 0 Å². The second kappa shape index (κ2) is 10.9. The summed E-state index contributed by atoms with van der Waals surface area (Å²) in [4.78, 5) is 41.7. The van der Waals surface area contributed by atoms with Crippen LogP contribution in [0.2, 0.25) is 0 Å². The minimum Gasteiger partial charge on any atom is -0.507 e. The average molecular weight is 676 g/mol. The van der Waals surface area contributed by atoms with Gasteiger partial charge in [-0.05, 0) is 70.0 Å². The number of primary amides is 1. The maximum Gasteiger partial charge on any atom is 0.230 e. The Morgan fingerprint density at radius 1 is 1.00 bits per heavy atom. The van der Waals surface area contributed by atoms with E-state index in [2.05, 4.69) is 15.1 Å². The Morgan fingerprint density at radius 2 is 1.72 bits per heavy atom. The molecule has 1 saturated heterocycles.